The Balaban J connectivity index is 1.21. The number of benzene rings is 2. The zero-order chi connectivity index (χ0) is 46.3. The standard InChI is InChI=1S/C50H65N7O8/c1-9-56-41-15-14-31-24-35(41)36(44(56)34-12-10-17-51-42(34)29(4)63-8)25-50(5,6)27-65-49(62)39-13-11-18-57(54-39)48(61)40(22-30-20-32(31)23-33(58)21-30)53-46(59)43(28(2)3)55(7)47(60)37-26-52-38-16-19-64-45(37)38/h10,12,14-15,17,20-21,23-24,28-29,37-40,43,45,52,54,58H,9,11,13,16,18-19,22,25-27H2,1-8H3,(H,53,59)/t29-,37+,38-,39-,40-,43?,45-/m0/s1. The smallest absolute Gasteiger partial charge is 0.324 e. The third-order valence-electron chi connectivity index (χ3n) is 13.8. The highest BCUT2D eigenvalue weighted by molar-refractivity contribution is 5.96. The van der Waals surface area contributed by atoms with Crippen LogP contribution in [-0.2, 0) is 52.8 Å². The van der Waals surface area contributed by atoms with Gasteiger partial charge in [0.25, 0.3) is 5.91 Å². The van der Waals surface area contributed by atoms with Gasteiger partial charge in [-0.05, 0) is 104 Å². The number of esters is 1. The van der Waals surface area contributed by atoms with E-state index in [9.17, 15) is 24.3 Å². The first-order chi connectivity index (χ1) is 31.1. The molecule has 4 aliphatic rings. The van der Waals surface area contributed by atoms with Crippen LogP contribution in [0.4, 0.5) is 0 Å². The summed E-state index contributed by atoms with van der Waals surface area (Å²) in [5.74, 6) is -2.30. The zero-order valence-corrected chi connectivity index (χ0v) is 39.0. The molecule has 6 heterocycles. The Hall–Kier alpha value is -5.35. The number of hydrogen-bond acceptors (Lipinski definition) is 11. The number of likely N-dealkylation sites (N-methyl/N-ethyl adjacent to an activating group) is 1. The highest BCUT2D eigenvalue weighted by Crippen LogP contribution is 2.42. The van der Waals surface area contributed by atoms with E-state index in [0.717, 1.165) is 51.0 Å². The first-order valence-corrected chi connectivity index (χ1v) is 23.2. The molecule has 0 radical (unpaired) electrons. The Morgan fingerprint density at radius 2 is 1.89 bits per heavy atom. The molecule has 0 aliphatic carbocycles. The summed E-state index contributed by atoms with van der Waals surface area (Å²) in [5.41, 5.74) is 9.68. The van der Waals surface area contributed by atoms with E-state index in [1.165, 1.54) is 9.91 Å². The number of carbonyl (C=O) groups excluding carboxylic acids is 4. The quantitative estimate of drug-likeness (QED) is 0.160. The fraction of sp³-hybridized carbons (Fsp3) is 0.540. The van der Waals surface area contributed by atoms with Crippen molar-refractivity contribution in [2.75, 3.05) is 40.5 Å². The van der Waals surface area contributed by atoms with Crippen LogP contribution in [0.5, 0.6) is 5.75 Å². The topological polar surface area (TPSA) is 177 Å². The lowest BCUT2D eigenvalue weighted by molar-refractivity contribution is -0.155. The summed E-state index contributed by atoms with van der Waals surface area (Å²) in [6.45, 7) is 14.2. The molecule has 0 saturated carbocycles. The van der Waals surface area contributed by atoms with Gasteiger partial charge in [0.05, 0.1) is 36.1 Å². The van der Waals surface area contributed by atoms with Gasteiger partial charge in [-0.3, -0.25) is 29.2 Å². The number of amides is 3. The number of phenolic OH excluding ortho intramolecular Hbond substituents is 1. The lowest BCUT2D eigenvalue weighted by Crippen LogP contribution is -2.62. The average Bonchev–Trinajstić information content (AvgIpc) is 4.00. The number of aromatic hydroxyl groups is 1. The van der Waals surface area contributed by atoms with Crippen molar-refractivity contribution in [3.05, 3.63) is 71.5 Å². The van der Waals surface area contributed by atoms with Crippen LogP contribution >= 0.6 is 0 Å². The molecule has 3 amide bonds. The average molecular weight is 892 g/mol. The molecule has 15 nitrogen and oxygen atoms in total. The summed E-state index contributed by atoms with van der Waals surface area (Å²) in [4.78, 5) is 63.5. The summed E-state index contributed by atoms with van der Waals surface area (Å²) in [5, 5.41) is 20.2. The number of aryl methyl sites for hydroxylation is 1. The van der Waals surface area contributed by atoms with Crippen molar-refractivity contribution in [1.29, 1.82) is 0 Å². The summed E-state index contributed by atoms with van der Waals surface area (Å²) in [6, 6.07) is 12.8. The molecule has 4 aromatic rings. The monoisotopic (exact) mass is 891 g/mol. The van der Waals surface area contributed by atoms with E-state index in [2.05, 4.69) is 59.6 Å². The number of aromatic nitrogens is 2. The van der Waals surface area contributed by atoms with Crippen molar-refractivity contribution in [3.8, 4) is 28.1 Å². The van der Waals surface area contributed by atoms with Gasteiger partial charge in [0.15, 0.2) is 0 Å². The maximum absolute atomic E-state index is 14.7. The van der Waals surface area contributed by atoms with Crippen LogP contribution < -0.4 is 16.1 Å². The third-order valence-corrected chi connectivity index (χ3v) is 13.8. The van der Waals surface area contributed by atoms with Gasteiger partial charge >= 0.3 is 5.97 Å². The zero-order valence-electron chi connectivity index (χ0n) is 39.0. The van der Waals surface area contributed by atoms with Gasteiger partial charge < -0.3 is 39.4 Å². The second-order valence-corrected chi connectivity index (χ2v) is 19.4. The van der Waals surface area contributed by atoms with Gasteiger partial charge in [-0.15, -0.1) is 0 Å². The molecule has 4 aliphatic heterocycles. The number of nitrogens with one attached hydrogen (secondary N) is 3. The van der Waals surface area contributed by atoms with Crippen LogP contribution in [0.2, 0.25) is 0 Å². The van der Waals surface area contributed by atoms with E-state index < -0.39 is 47.2 Å². The highest BCUT2D eigenvalue weighted by Gasteiger charge is 2.47. The number of cyclic esters (lactones) is 1. The van der Waals surface area contributed by atoms with Crippen LogP contribution in [0.1, 0.15) is 83.7 Å². The summed E-state index contributed by atoms with van der Waals surface area (Å²) in [6.07, 6.45) is 3.64. The number of hydrogen-bond donors (Lipinski definition) is 4. The maximum atomic E-state index is 14.7. The molecule has 348 valence electrons. The number of ether oxygens (including phenoxy) is 3. The molecule has 1 unspecified atom stereocenters. The van der Waals surface area contributed by atoms with Crippen LogP contribution in [0.25, 0.3) is 33.3 Å². The molecule has 7 atom stereocenters. The van der Waals surface area contributed by atoms with Crippen molar-refractivity contribution < 1.29 is 38.5 Å². The van der Waals surface area contributed by atoms with Gasteiger partial charge in [-0.1, -0.05) is 39.8 Å². The Kier molecular flexibility index (Phi) is 13.4. The van der Waals surface area contributed by atoms with Gasteiger partial charge in [0.2, 0.25) is 11.8 Å². The Morgan fingerprint density at radius 1 is 1.09 bits per heavy atom. The highest BCUT2D eigenvalue weighted by atomic mass is 16.5. The Bertz CT molecular complexity index is 2450. The molecular weight excluding hydrogens is 827 g/mol. The third kappa shape index (κ3) is 9.25. The first kappa shape index (κ1) is 46.2. The van der Waals surface area contributed by atoms with Crippen molar-refractivity contribution in [2.45, 2.75) is 117 Å². The van der Waals surface area contributed by atoms with Gasteiger partial charge in [0.1, 0.15) is 23.9 Å². The van der Waals surface area contributed by atoms with Crippen LogP contribution in [0, 0.1) is 17.3 Å². The van der Waals surface area contributed by atoms with Crippen molar-refractivity contribution in [3.63, 3.8) is 0 Å². The second kappa shape index (κ2) is 18.9. The van der Waals surface area contributed by atoms with E-state index >= 15 is 0 Å². The Morgan fingerprint density at radius 3 is 2.65 bits per heavy atom. The van der Waals surface area contributed by atoms with Gasteiger partial charge in [-0.2, -0.15) is 0 Å². The van der Waals surface area contributed by atoms with Crippen molar-refractivity contribution >= 4 is 34.6 Å². The largest absolute Gasteiger partial charge is 0.508 e. The predicted octanol–water partition coefficient (Wildman–Crippen LogP) is 5.31. The molecule has 8 rings (SSSR count). The number of phenols is 1. The summed E-state index contributed by atoms with van der Waals surface area (Å²) < 4.78 is 20.2. The number of rotatable bonds is 9. The number of fused-ring (bicyclic) bond motifs is 7. The van der Waals surface area contributed by atoms with Crippen molar-refractivity contribution in [1.82, 2.24) is 35.5 Å². The minimum Gasteiger partial charge on any atom is -0.508 e. The molecule has 6 bridgehead atoms. The SMILES string of the molecule is CCn1c(-c2cccnc2[C@H](C)OC)c2c3cc(ccc31)-c1cc(O)cc(c1)C[C@H](NC(=O)C(C(C)C)N(C)C(=O)[C@@H]1CN[C@H]3CCO[C@H]31)C(=O)N1CCC[C@H](N1)C(=O)OCC(C)(C)C2. The molecule has 15 heteroatoms. The maximum Gasteiger partial charge on any atom is 0.324 e. The minimum atomic E-state index is -1.13. The number of hydrazine groups is 1. The minimum absolute atomic E-state index is 0.00755. The van der Waals surface area contributed by atoms with Crippen LogP contribution in [-0.4, -0.2) is 119 Å². The number of methoxy groups -OCH3 is 1. The van der Waals surface area contributed by atoms with E-state index in [0.29, 0.717) is 51.1 Å². The predicted molar refractivity (Wildman–Crippen MR) is 246 cm³/mol. The molecule has 3 fully saturated rings. The van der Waals surface area contributed by atoms with E-state index in [1.54, 1.807) is 32.5 Å². The lowest BCUT2D eigenvalue weighted by Gasteiger charge is -2.37. The number of pyridine rings is 1. The van der Waals surface area contributed by atoms with Crippen LogP contribution in [0.3, 0.4) is 0 Å². The fourth-order valence-electron chi connectivity index (χ4n) is 10.5. The fourth-order valence-corrected chi connectivity index (χ4v) is 10.5. The first-order valence-electron chi connectivity index (χ1n) is 23.2. The van der Waals surface area contributed by atoms with Crippen LogP contribution in [0.15, 0.2) is 54.7 Å². The molecular formula is C50H65N7O8. The normalized spacial score (nSPS) is 24.3. The van der Waals surface area contributed by atoms with Gasteiger partial charge in [-0.25, -0.2) is 5.43 Å². The molecule has 3 saturated heterocycles. The number of carbonyl (C=O) groups is 4. The molecule has 4 N–H and O–H groups in total. The second-order valence-electron chi connectivity index (χ2n) is 19.4. The molecule has 2 aromatic carbocycles. The van der Waals surface area contributed by atoms with E-state index in [4.69, 9.17) is 19.2 Å². The lowest BCUT2D eigenvalue weighted by atomic mass is 9.84. The van der Waals surface area contributed by atoms with E-state index in [-0.39, 0.29) is 48.9 Å². The molecule has 0 spiro atoms. The summed E-state index contributed by atoms with van der Waals surface area (Å²) >= 11 is 0. The number of nitrogens with zero attached hydrogens (tertiary/aromatic N) is 4. The Labute approximate surface area is 381 Å². The van der Waals surface area contributed by atoms with Crippen molar-refractivity contribution in [2.24, 2.45) is 17.3 Å². The molecule has 65 heavy (non-hydrogen) atoms. The summed E-state index contributed by atoms with van der Waals surface area (Å²) in [7, 11) is 3.32. The van der Waals surface area contributed by atoms with Gasteiger partial charge in [0, 0.05) is 80.9 Å². The molecule has 2 aromatic heterocycles. The van der Waals surface area contributed by atoms with E-state index in [1.807, 2.05) is 39.0 Å².